The Kier molecular flexibility index (Phi) is 6.46. The predicted octanol–water partition coefficient (Wildman–Crippen LogP) is 3.48. The number of fused-ring (bicyclic) bond motifs is 3. The molecule has 0 spiro atoms. The van der Waals surface area contributed by atoms with Gasteiger partial charge in [-0.3, -0.25) is 9.59 Å². The number of benzene rings is 2. The van der Waals surface area contributed by atoms with Gasteiger partial charge in [0, 0.05) is 36.1 Å². The molecule has 0 saturated heterocycles. The van der Waals surface area contributed by atoms with Crippen molar-refractivity contribution in [2.75, 3.05) is 13.7 Å². The highest BCUT2D eigenvalue weighted by Gasteiger charge is 2.18. The van der Waals surface area contributed by atoms with Crippen molar-refractivity contribution < 1.29 is 14.6 Å². The third-order valence-electron chi connectivity index (χ3n) is 5.85. The van der Waals surface area contributed by atoms with Gasteiger partial charge in [-0.1, -0.05) is 0 Å². The van der Waals surface area contributed by atoms with E-state index in [9.17, 15) is 4.79 Å². The number of aliphatic carboxylic acids is 1. The Morgan fingerprint density at radius 2 is 1.97 bits per heavy atom. The highest BCUT2D eigenvalue weighted by atomic mass is 16.5. The molecule has 2 aromatic carbocycles. The second kappa shape index (κ2) is 9.46. The molecule has 0 unspecified atom stereocenters. The van der Waals surface area contributed by atoms with Crippen molar-refractivity contribution in [1.29, 1.82) is 0 Å². The number of hydrogen-bond acceptors (Lipinski definition) is 5. The number of aromatic amines is 1. The van der Waals surface area contributed by atoms with E-state index in [1.807, 2.05) is 24.4 Å². The van der Waals surface area contributed by atoms with Crippen molar-refractivity contribution in [3.05, 3.63) is 58.0 Å². The van der Waals surface area contributed by atoms with Gasteiger partial charge in [0.25, 0.3) is 11.5 Å². The Hall–Kier alpha value is -3.65. The molecule has 8 heteroatoms. The van der Waals surface area contributed by atoms with Crippen molar-refractivity contribution in [3.8, 4) is 17.0 Å². The number of methoxy groups -OCH3 is 1. The van der Waals surface area contributed by atoms with E-state index in [2.05, 4.69) is 21.7 Å². The van der Waals surface area contributed by atoms with E-state index in [0.717, 1.165) is 72.4 Å². The molecule has 5 rings (SSSR count). The van der Waals surface area contributed by atoms with Crippen molar-refractivity contribution >= 4 is 27.9 Å². The topological polar surface area (TPSA) is 123 Å². The second-order valence-corrected chi connectivity index (χ2v) is 8.19. The standard InChI is InChI=1S/C23H24N4O2.C2H4O2/c1-29-16-6-7-21-17(12-16)18(13-27(21)9-3-8-24)22-23(28)26-20-11-15-5-2-4-14(15)10-19(20)25-22;1-2(3)4/h6-7,10-13H,2-5,8-9,24H2,1H3,(H,26,28);1H3,(H,3,4). The van der Waals surface area contributed by atoms with Gasteiger partial charge in [0.15, 0.2) is 0 Å². The molecule has 0 aliphatic heterocycles. The molecule has 0 bridgehead atoms. The lowest BCUT2D eigenvalue weighted by molar-refractivity contribution is -0.134. The Balaban J connectivity index is 0.000000601. The van der Waals surface area contributed by atoms with E-state index < -0.39 is 5.97 Å². The minimum Gasteiger partial charge on any atom is -0.497 e. The first-order valence-electron chi connectivity index (χ1n) is 11.0. The molecule has 33 heavy (non-hydrogen) atoms. The van der Waals surface area contributed by atoms with Crippen LogP contribution < -0.4 is 16.0 Å². The fourth-order valence-electron chi connectivity index (χ4n) is 4.38. The van der Waals surface area contributed by atoms with Gasteiger partial charge < -0.3 is 25.1 Å². The lowest BCUT2D eigenvalue weighted by Crippen LogP contribution is -2.11. The van der Waals surface area contributed by atoms with Gasteiger partial charge >= 0.3 is 0 Å². The molecule has 4 aromatic rings. The predicted molar refractivity (Wildman–Crippen MR) is 129 cm³/mol. The van der Waals surface area contributed by atoms with Crippen molar-refractivity contribution in [2.45, 2.75) is 39.2 Å². The minimum atomic E-state index is -0.833. The van der Waals surface area contributed by atoms with Crippen LogP contribution in [0.2, 0.25) is 0 Å². The van der Waals surface area contributed by atoms with Crippen LogP contribution in [0.15, 0.2) is 41.3 Å². The summed E-state index contributed by atoms with van der Waals surface area (Å²) in [4.78, 5) is 29.8. The van der Waals surface area contributed by atoms with Crippen LogP contribution in [0.4, 0.5) is 0 Å². The van der Waals surface area contributed by atoms with Crippen molar-refractivity contribution in [3.63, 3.8) is 0 Å². The molecular weight excluding hydrogens is 420 g/mol. The van der Waals surface area contributed by atoms with E-state index in [0.29, 0.717) is 12.2 Å². The number of nitrogens with two attached hydrogens (primary N) is 1. The van der Waals surface area contributed by atoms with E-state index in [-0.39, 0.29) is 5.56 Å². The maximum Gasteiger partial charge on any atom is 0.300 e. The van der Waals surface area contributed by atoms with Gasteiger partial charge in [0.2, 0.25) is 0 Å². The number of carboxylic acid groups (broad SMARTS) is 1. The Morgan fingerprint density at radius 3 is 2.67 bits per heavy atom. The number of nitrogens with one attached hydrogen (secondary N) is 1. The van der Waals surface area contributed by atoms with Gasteiger partial charge in [0.1, 0.15) is 11.4 Å². The first-order chi connectivity index (χ1) is 15.9. The molecule has 0 radical (unpaired) electrons. The summed E-state index contributed by atoms with van der Waals surface area (Å²) in [7, 11) is 1.65. The third-order valence-corrected chi connectivity index (χ3v) is 5.85. The molecule has 2 heterocycles. The largest absolute Gasteiger partial charge is 0.497 e. The molecule has 0 fully saturated rings. The number of H-pyrrole nitrogens is 1. The van der Waals surface area contributed by atoms with Crippen LogP contribution in [0.5, 0.6) is 5.75 Å². The average molecular weight is 449 g/mol. The van der Waals surface area contributed by atoms with Gasteiger partial charge in [-0.05, 0) is 73.7 Å². The minimum absolute atomic E-state index is 0.170. The van der Waals surface area contributed by atoms with Crippen LogP contribution in [-0.4, -0.2) is 39.3 Å². The van der Waals surface area contributed by atoms with Crippen LogP contribution in [0.1, 0.15) is 30.9 Å². The number of aryl methyl sites for hydroxylation is 3. The molecule has 0 atom stereocenters. The van der Waals surface area contributed by atoms with Gasteiger partial charge in [0.05, 0.1) is 18.1 Å². The molecule has 1 aliphatic carbocycles. The fourth-order valence-corrected chi connectivity index (χ4v) is 4.38. The second-order valence-electron chi connectivity index (χ2n) is 8.19. The molecule has 0 amide bonds. The summed E-state index contributed by atoms with van der Waals surface area (Å²) in [6.07, 6.45) is 6.19. The van der Waals surface area contributed by atoms with E-state index in [4.69, 9.17) is 25.4 Å². The van der Waals surface area contributed by atoms with Crippen LogP contribution in [0.3, 0.4) is 0 Å². The maximum absolute atomic E-state index is 13.0. The number of hydrogen-bond donors (Lipinski definition) is 3. The highest BCUT2D eigenvalue weighted by Crippen LogP contribution is 2.32. The summed E-state index contributed by atoms with van der Waals surface area (Å²) in [5.41, 5.74) is 12.2. The summed E-state index contributed by atoms with van der Waals surface area (Å²) in [5, 5.41) is 8.37. The highest BCUT2D eigenvalue weighted by molar-refractivity contribution is 5.96. The molecule has 4 N–H and O–H groups in total. The van der Waals surface area contributed by atoms with Crippen molar-refractivity contribution in [2.24, 2.45) is 5.73 Å². The van der Waals surface area contributed by atoms with Gasteiger partial charge in [-0.15, -0.1) is 0 Å². The summed E-state index contributed by atoms with van der Waals surface area (Å²) >= 11 is 0. The number of carbonyl (C=O) groups is 1. The third kappa shape index (κ3) is 4.61. The number of ether oxygens (including phenoxy) is 1. The zero-order valence-corrected chi connectivity index (χ0v) is 18.9. The number of nitrogens with zero attached hydrogens (tertiary/aromatic N) is 2. The summed E-state index contributed by atoms with van der Waals surface area (Å²) in [6, 6.07) is 10.1. The lowest BCUT2D eigenvalue weighted by atomic mass is 10.1. The zero-order chi connectivity index (χ0) is 23.5. The lowest BCUT2D eigenvalue weighted by Gasteiger charge is -2.06. The zero-order valence-electron chi connectivity index (χ0n) is 18.9. The molecular formula is C25H28N4O4. The quantitative estimate of drug-likeness (QED) is 0.429. The van der Waals surface area contributed by atoms with Crippen LogP contribution in [0, 0.1) is 0 Å². The molecule has 1 aliphatic rings. The summed E-state index contributed by atoms with van der Waals surface area (Å²) < 4.78 is 7.56. The summed E-state index contributed by atoms with van der Waals surface area (Å²) in [5.74, 6) is -0.0784. The molecule has 172 valence electrons. The SMILES string of the molecule is CC(=O)O.COc1ccc2c(c1)c(-c1nc3cc4c(cc3[nH]c1=O)CCC4)cn2CCCN. The average Bonchev–Trinajstić information content (AvgIpc) is 3.38. The normalized spacial score (nSPS) is 12.5. The van der Waals surface area contributed by atoms with Crippen molar-refractivity contribution in [1.82, 2.24) is 14.5 Å². The number of aromatic nitrogens is 3. The maximum atomic E-state index is 13.0. The fraction of sp³-hybridized carbons (Fsp3) is 0.320. The molecule has 2 aromatic heterocycles. The first kappa shape index (κ1) is 22.5. The summed E-state index contributed by atoms with van der Waals surface area (Å²) in [6.45, 7) is 2.49. The first-order valence-corrected chi connectivity index (χ1v) is 11.0. The van der Waals surface area contributed by atoms with Crippen LogP contribution in [-0.2, 0) is 24.2 Å². The monoisotopic (exact) mass is 448 g/mol. The molecule has 8 nitrogen and oxygen atoms in total. The van der Waals surface area contributed by atoms with E-state index in [1.165, 1.54) is 11.1 Å². The van der Waals surface area contributed by atoms with E-state index >= 15 is 0 Å². The molecule has 0 saturated carbocycles. The smallest absolute Gasteiger partial charge is 0.300 e. The van der Waals surface area contributed by atoms with Crippen LogP contribution >= 0.6 is 0 Å². The number of carboxylic acids is 1. The van der Waals surface area contributed by atoms with Gasteiger partial charge in [-0.25, -0.2) is 4.98 Å². The Labute approximate surface area is 191 Å². The van der Waals surface area contributed by atoms with E-state index in [1.54, 1.807) is 7.11 Å². The Morgan fingerprint density at radius 1 is 1.24 bits per heavy atom. The number of rotatable bonds is 5. The Bertz CT molecular complexity index is 1380. The van der Waals surface area contributed by atoms with Gasteiger partial charge in [-0.2, -0.15) is 0 Å². The van der Waals surface area contributed by atoms with Crippen LogP contribution in [0.25, 0.3) is 33.2 Å².